The lowest BCUT2D eigenvalue weighted by Gasteiger charge is -2.04. The molecule has 0 saturated carbocycles. The van der Waals surface area contributed by atoms with Crippen LogP contribution in [0.1, 0.15) is 15.9 Å². The van der Waals surface area contributed by atoms with Crippen LogP contribution in [0, 0.1) is 0 Å². The number of benzene rings is 1. The van der Waals surface area contributed by atoms with Crippen molar-refractivity contribution in [1.82, 2.24) is 4.98 Å². The number of hydrogen-bond donors (Lipinski definition) is 0. The monoisotopic (exact) mass is 237 g/mol. The Hall–Kier alpha value is -2.42. The van der Waals surface area contributed by atoms with Gasteiger partial charge in [-0.15, -0.1) is 0 Å². The summed E-state index contributed by atoms with van der Waals surface area (Å²) in [5, 5.41) is 1.02. The van der Waals surface area contributed by atoms with Crippen LogP contribution in [0.15, 0.2) is 59.5 Å². The molecule has 0 fully saturated rings. The van der Waals surface area contributed by atoms with Gasteiger partial charge in [0.15, 0.2) is 5.78 Å². The van der Waals surface area contributed by atoms with Crippen molar-refractivity contribution in [2.45, 2.75) is 6.42 Å². The highest BCUT2D eigenvalue weighted by Crippen LogP contribution is 2.18. The molecule has 3 rings (SSSR count). The molecule has 0 saturated heterocycles. The quantitative estimate of drug-likeness (QED) is 0.657. The summed E-state index contributed by atoms with van der Waals surface area (Å²) in [4.78, 5) is 16.3. The van der Waals surface area contributed by atoms with E-state index in [1.807, 2.05) is 30.3 Å². The first-order valence-electron chi connectivity index (χ1n) is 5.72. The molecule has 3 heteroatoms. The van der Waals surface area contributed by atoms with E-state index in [2.05, 4.69) is 4.98 Å². The maximum absolute atomic E-state index is 12.0. The van der Waals surface area contributed by atoms with Gasteiger partial charge in [-0.25, -0.2) is 0 Å². The zero-order valence-corrected chi connectivity index (χ0v) is 9.67. The van der Waals surface area contributed by atoms with Crippen LogP contribution in [-0.4, -0.2) is 10.8 Å². The van der Waals surface area contributed by atoms with Crippen LogP contribution in [0.3, 0.4) is 0 Å². The number of ketones is 1. The number of furan rings is 1. The van der Waals surface area contributed by atoms with E-state index >= 15 is 0 Å². The van der Waals surface area contributed by atoms with Crippen LogP contribution in [-0.2, 0) is 6.42 Å². The second-order valence-corrected chi connectivity index (χ2v) is 4.10. The van der Waals surface area contributed by atoms with Gasteiger partial charge in [-0.2, -0.15) is 0 Å². The fraction of sp³-hybridized carbons (Fsp3) is 0.0667. The Labute approximate surface area is 104 Å². The Morgan fingerprint density at radius 1 is 1.17 bits per heavy atom. The molecule has 18 heavy (non-hydrogen) atoms. The lowest BCUT2D eigenvalue weighted by Crippen LogP contribution is -2.02. The molecule has 0 bridgehead atoms. The molecule has 0 amide bonds. The fourth-order valence-electron chi connectivity index (χ4n) is 2.01. The second-order valence-electron chi connectivity index (χ2n) is 4.10. The van der Waals surface area contributed by atoms with Crippen molar-refractivity contribution in [2.75, 3.05) is 0 Å². The minimum absolute atomic E-state index is 0.0557. The third-order valence-corrected chi connectivity index (χ3v) is 2.93. The summed E-state index contributed by atoms with van der Waals surface area (Å²) in [6.45, 7) is 0. The predicted molar refractivity (Wildman–Crippen MR) is 68.5 cm³/mol. The fourth-order valence-corrected chi connectivity index (χ4v) is 2.01. The highest BCUT2D eigenvalue weighted by molar-refractivity contribution is 5.99. The summed E-state index contributed by atoms with van der Waals surface area (Å²) < 4.78 is 4.93. The van der Waals surface area contributed by atoms with E-state index in [1.165, 1.54) is 12.5 Å². The molecule has 0 aliphatic carbocycles. The standard InChI is InChI=1S/C15H11NO2/c17-15(12-6-8-18-10-12)9-11-5-7-16-14-4-2-1-3-13(11)14/h1-8,10H,9H2. The Bertz CT molecular complexity index is 681. The molecule has 0 spiro atoms. The molecule has 1 aromatic carbocycles. The minimum atomic E-state index is 0.0557. The number of aromatic nitrogens is 1. The van der Waals surface area contributed by atoms with Crippen molar-refractivity contribution < 1.29 is 9.21 Å². The lowest BCUT2D eigenvalue weighted by molar-refractivity contribution is 0.0992. The van der Waals surface area contributed by atoms with Gasteiger partial charge in [-0.3, -0.25) is 9.78 Å². The summed E-state index contributed by atoms with van der Waals surface area (Å²) in [6, 6.07) is 11.4. The zero-order valence-electron chi connectivity index (χ0n) is 9.67. The van der Waals surface area contributed by atoms with Gasteiger partial charge in [-0.05, 0) is 23.8 Å². The Kier molecular flexibility index (Phi) is 2.65. The maximum atomic E-state index is 12.0. The molecular formula is C15H11NO2. The second kappa shape index (κ2) is 4.45. The normalized spacial score (nSPS) is 10.7. The highest BCUT2D eigenvalue weighted by Gasteiger charge is 2.10. The van der Waals surface area contributed by atoms with E-state index in [0.29, 0.717) is 12.0 Å². The molecule has 0 aliphatic heterocycles. The number of carbonyl (C=O) groups excluding carboxylic acids is 1. The predicted octanol–water partition coefficient (Wildman–Crippen LogP) is 3.25. The largest absolute Gasteiger partial charge is 0.472 e. The molecule has 0 radical (unpaired) electrons. The summed E-state index contributed by atoms with van der Waals surface area (Å²) >= 11 is 0. The van der Waals surface area contributed by atoms with Crippen molar-refractivity contribution >= 4 is 16.7 Å². The van der Waals surface area contributed by atoms with Crippen LogP contribution in [0.4, 0.5) is 0 Å². The molecule has 0 aliphatic rings. The van der Waals surface area contributed by atoms with Crippen molar-refractivity contribution in [3.63, 3.8) is 0 Å². The summed E-state index contributed by atoms with van der Waals surface area (Å²) in [6.07, 6.45) is 5.09. The molecule has 3 nitrogen and oxygen atoms in total. The van der Waals surface area contributed by atoms with E-state index in [-0.39, 0.29) is 5.78 Å². The van der Waals surface area contributed by atoms with Gasteiger partial charge in [0.25, 0.3) is 0 Å². The smallest absolute Gasteiger partial charge is 0.170 e. The van der Waals surface area contributed by atoms with E-state index in [0.717, 1.165) is 16.5 Å². The molecule has 0 unspecified atom stereocenters. The molecule has 0 N–H and O–H groups in total. The van der Waals surface area contributed by atoms with E-state index in [1.54, 1.807) is 12.3 Å². The lowest BCUT2D eigenvalue weighted by atomic mass is 10.0. The number of carbonyl (C=O) groups is 1. The number of fused-ring (bicyclic) bond motifs is 1. The molecule has 0 atom stereocenters. The van der Waals surface area contributed by atoms with Crippen LogP contribution >= 0.6 is 0 Å². The van der Waals surface area contributed by atoms with Gasteiger partial charge in [0.2, 0.25) is 0 Å². The Balaban J connectivity index is 1.98. The first-order valence-corrected chi connectivity index (χ1v) is 5.72. The van der Waals surface area contributed by atoms with Crippen molar-refractivity contribution in [3.05, 3.63) is 66.2 Å². The van der Waals surface area contributed by atoms with Crippen molar-refractivity contribution in [1.29, 1.82) is 0 Å². The van der Waals surface area contributed by atoms with E-state index in [4.69, 9.17) is 4.42 Å². The number of Topliss-reactive ketones (excluding diaryl/α,β-unsaturated/α-hetero) is 1. The van der Waals surface area contributed by atoms with Gasteiger partial charge in [0.1, 0.15) is 6.26 Å². The van der Waals surface area contributed by atoms with Gasteiger partial charge < -0.3 is 4.42 Å². The average molecular weight is 237 g/mol. The molecule has 3 aromatic rings. The number of para-hydroxylation sites is 1. The molecule has 2 heterocycles. The van der Waals surface area contributed by atoms with Crippen LogP contribution in [0.5, 0.6) is 0 Å². The molecule has 88 valence electrons. The SMILES string of the molecule is O=C(Cc1ccnc2ccccc12)c1ccoc1. The minimum Gasteiger partial charge on any atom is -0.472 e. The zero-order chi connectivity index (χ0) is 12.4. The Morgan fingerprint density at radius 3 is 2.89 bits per heavy atom. The first-order chi connectivity index (χ1) is 8.84. The van der Waals surface area contributed by atoms with Crippen LogP contribution < -0.4 is 0 Å². The first kappa shape index (κ1) is 10.7. The van der Waals surface area contributed by atoms with Crippen LogP contribution in [0.2, 0.25) is 0 Å². The summed E-state index contributed by atoms with van der Waals surface area (Å²) in [5.74, 6) is 0.0557. The average Bonchev–Trinajstić information content (AvgIpc) is 2.93. The Morgan fingerprint density at radius 2 is 2.06 bits per heavy atom. The van der Waals surface area contributed by atoms with Crippen molar-refractivity contribution in [3.8, 4) is 0 Å². The number of hydrogen-bond acceptors (Lipinski definition) is 3. The van der Waals surface area contributed by atoms with Crippen molar-refractivity contribution in [2.24, 2.45) is 0 Å². The van der Waals surface area contributed by atoms with E-state index < -0.39 is 0 Å². The third kappa shape index (κ3) is 1.91. The summed E-state index contributed by atoms with van der Waals surface area (Å²) in [5.41, 5.74) is 2.51. The number of pyridine rings is 1. The molecule has 2 aromatic heterocycles. The van der Waals surface area contributed by atoms with Gasteiger partial charge in [0, 0.05) is 18.0 Å². The summed E-state index contributed by atoms with van der Waals surface area (Å²) in [7, 11) is 0. The van der Waals surface area contributed by atoms with Gasteiger partial charge >= 0.3 is 0 Å². The highest BCUT2D eigenvalue weighted by atomic mass is 16.3. The van der Waals surface area contributed by atoms with Crippen LogP contribution in [0.25, 0.3) is 10.9 Å². The topological polar surface area (TPSA) is 43.1 Å². The molecular weight excluding hydrogens is 226 g/mol. The number of nitrogens with zero attached hydrogens (tertiary/aromatic N) is 1. The number of rotatable bonds is 3. The maximum Gasteiger partial charge on any atom is 0.170 e. The third-order valence-electron chi connectivity index (χ3n) is 2.93. The van der Waals surface area contributed by atoms with Gasteiger partial charge in [0.05, 0.1) is 17.3 Å². The van der Waals surface area contributed by atoms with Gasteiger partial charge in [-0.1, -0.05) is 18.2 Å². The van der Waals surface area contributed by atoms with E-state index in [9.17, 15) is 4.79 Å².